The zero-order valence-electron chi connectivity index (χ0n) is 14.3. The van der Waals surface area contributed by atoms with E-state index in [0.29, 0.717) is 5.56 Å². The molecular formula is C21H18N2O3. The Labute approximate surface area is 151 Å². The summed E-state index contributed by atoms with van der Waals surface area (Å²) in [6.45, 7) is 1.95. The summed E-state index contributed by atoms with van der Waals surface area (Å²) >= 11 is 0. The number of non-ortho nitro benzene ring substituents is 1. The van der Waals surface area contributed by atoms with E-state index < -0.39 is 10.5 Å². The molecule has 130 valence electrons. The zero-order valence-corrected chi connectivity index (χ0v) is 14.3. The van der Waals surface area contributed by atoms with Crippen molar-refractivity contribution in [2.24, 2.45) is 0 Å². The molecule has 5 heteroatoms. The molecule has 0 bridgehead atoms. The number of benzene rings is 3. The van der Waals surface area contributed by atoms with Crippen LogP contribution in [0.5, 0.6) is 0 Å². The average Bonchev–Trinajstić information content (AvgIpc) is 2.69. The smallest absolute Gasteiger partial charge is 0.269 e. The number of nitro benzene ring substituents is 1. The summed E-state index contributed by atoms with van der Waals surface area (Å²) in [4.78, 5) is 23.1. The van der Waals surface area contributed by atoms with E-state index in [1.165, 1.54) is 24.3 Å². The topological polar surface area (TPSA) is 72.2 Å². The first-order valence-corrected chi connectivity index (χ1v) is 8.19. The van der Waals surface area contributed by atoms with Crippen LogP contribution in [0, 0.1) is 10.1 Å². The van der Waals surface area contributed by atoms with Gasteiger partial charge in [0.1, 0.15) is 0 Å². The van der Waals surface area contributed by atoms with Gasteiger partial charge in [0.05, 0.1) is 10.5 Å². The standard InChI is InChI=1S/C21H18N2O3/c1-21(17-8-4-2-5-9-17,18-10-6-3-7-11-18)22-20(24)16-12-14-19(15-13-16)23(25)26/h2-15H,1H3,(H,22,24). The van der Waals surface area contributed by atoms with Gasteiger partial charge in [-0.3, -0.25) is 14.9 Å². The van der Waals surface area contributed by atoms with Crippen molar-refractivity contribution in [2.75, 3.05) is 0 Å². The molecule has 5 nitrogen and oxygen atoms in total. The number of carbonyl (C=O) groups is 1. The van der Waals surface area contributed by atoms with Crippen LogP contribution < -0.4 is 5.32 Å². The molecule has 0 aliphatic carbocycles. The van der Waals surface area contributed by atoms with Gasteiger partial charge in [0, 0.05) is 17.7 Å². The Bertz CT molecular complexity index is 868. The SMILES string of the molecule is CC(NC(=O)c1ccc([N+](=O)[O-])cc1)(c1ccccc1)c1ccccc1. The fourth-order valence-corrected chi connectivity index (χ4v) is 2.89. The number of rotatable bonds is 5. The zero-order chi connectivity index (χ0) is 18.6. The van der Waals surface area contributed by atoms with Crippen LogP contribution in [-0.4, -0.2) is 10.8 Å². The summed E-state index contributed by atoms with van der Waals surface area (Å²) in [5, 5.41) is 13.9. The van der Waals surface area contributed by atoms with Gasteiger partial charge in [-0.2, -0.15) is 0 Å². The first-order chi connectivity index (χ1) is 12.5. The van der Waals surface area contributed by atoms with Gasteiger partial charge in [-0.05, 0) is 30.2 Å². The molecule has 3 rings (SSSR count). The molecule has 3 aromatic carbocycles. The third kappa shape index (κ3) is 3.47. The minimum Gasteiger partial charge on any atom is -0.339 e. The van der Waals surface area contributed by atoms with E-state index in [-0.39, 0.29) is 11.6 Å². The van der Waals surface area contributed by atoms with E-state index in [4.69, 9.17) is 0 Å². The van der Waals surface area contributed by atoms with Crippen molar-refractivity contribution in [1.82, 2.24) is 5.32 Å². The number of nitro groups is 1. The van der Waals surface area contributed by atoms with Gasteiger partial charge in [0.15, 0.2) is 0 Å². The Kier molecular flexibility index (Phi) is 4.80. The van der Waals surface area contributed by atoms with Crippen LogP contribution in [0.1, 0.15) is 28.4 Å². The lowest BCUT2D eigenvalue weighted by Crippen LogP contribution is -2.44. The van der Waals surface area contributed by atoms with Gasteiger partial charge in [0.25, 0.3) is 11.6 Å². The molecule has 0 saturated heterocycles. The molecule has 0 fully saturated rings. The Hall–Kier alpha value is -3.47. The van der Waals surface area contributed by atoms with Gasteiger partial charge in [-0.1, -0.05) is 60.7 Å². The molecule has 0 saturated carbocycles. The summed E-state index contributed by atoms with van der Waals surface area (Å²) in [6, 6.07) is 25.0. The van der Waals surface area contributed by atoms with Crippen molar-refractivity contribution in [2.45, 2.75) is 12.5 Å². The molecule has 1 N–H and O–H groups in total. The van der Waals surface area contributed by atoms with E-state index in [1.807, 2.05) is 67.6 Å². The summed E-state index contributed by atoms with van der Waals surface area (Å²) in [6.07, 6.45) is 0. The lowest BCUT2D eigenvalue weighted by molar-refractivity contribution is -0.384. The Morgan fingerprint density at radius 2 is 1.31 bits per heavy atom. The summed E-state index contributed by atoms with van der Waals surface area (Å²) in [5.74, 6) is -0.296. The van der Waals surface area contributed by atoms with Gasteiger partial charge >= 0.3 is 0 Å². The predicted molar refractivity (Wildman–Crippen MR) is 99.9 cm³/mol. The number of nitrogens with one attached hydrogen (secondary N) is 1. The number of hydrogen-bond donors (Lipinski definition) is 1. The maximum atomic E-state index is 12.8. The minimum atomic E-state index is -0.735. The molecule has 3 aromatic rings. The number of nitrogens with zero attached hydrogens (tertiary/aromatic N) is 1. The van der Waals surface area contributed by atoms with Crippen LogP contribution >= 0.6 is 0 Å². The Morgan fingerprint density at radius 1 is 0.846 bits per heavy atom. The highest BCUT2D eigenvalue weighted by atomic mass is 16.6. The average molecular weight is 346 g/mol. The summed E-state index contributed by atoms with van der Waals surface area (Å²) in [7, 11) is 0. The van der Waals surface area contributed by atoms with Crippen molar-refractivity contribution in [3.8, 4) is 0 Å². The molecule has 0 atom stereocenters. The lowest BCUT2D eigenvalue weighted by Gasteiger charge is -2.32. The quantitative estimate of drug-likeness (QED) is 0.553. The van der Waals surface area contributed by atoms with Crippen molar-refractivity contribution in [3.63, 3.8) is 0 Å². The normalized spacial score (nSPS) is 11.0. The Morgan fingerprint density at radius 3 is 1.73 bits per heavy atom. The fourth-order valence-electron chi connectivity index (χ4n) is 2.89. The van der Waals surface area contributed by atoms with E-state index in [1.54, 1.807) is 0 Å². The van der Waals surface area contributed by atoms with E-state index in [2.05, 4.69) is 5.32 Å². The highest BCUT2D eigenvalue weighted by Crippen LogP contribution is 2.29. The molecule has 0 unspecified atom stereocenters. The first kappa shape index (κ1) is 17.4. The maximum absolute atomic E-state index is 12.8. The molecule has 26 heavy (non-hydrogen) atoms. The molecule has 0 spiro atoms. The van der Waals surface area contributed by atoms with Crippen LogP contribution in [0.3, 0.4) is 0 Å². The van der Waals surface area contributed by atoms with Crippen LogP contribution in [0.4, 0.5) is 5.69 Å². The van der Waals surface area contributed by atoms with E-state index in [9.17, 15) is 14.9 Å². The largest absolute Gasteiger partial charge is 0.339 e. The molecule has 0 heterocycles. The third-order valence-electron chi connectivity index (χ3n) is 4.41. The van der Waals surface area contributed by atoms with Crippen molar-refractivity contribution < 1.29 is 9.72 Å². The second-order valence-corrected chi connectivity index (χ2v) is 6.12. The second kappa shape index (κ2) is 7.19. The highest BCUT2D eigenvalue weighted by Gasteiger charge is 2.31. The van der Waals surface area contributed by atoms with Crippen LogP contribution in [0.2, 0.25) is 0 Å². The fraction of sp³-hybridized carbons (Fsp3) is 0.0952. The lowest BCUT2D eigenvalue weighted by atomic mass is 9.84. The van der Waals surface area contributed by atoms with E-state index >= 15 is 0 Å². The van der Waals surface area contributed by atoms with Crippen LogP contribution in [0.25, 0.3) is 0 Å². The molecule has 0 radical (unpaired) electrons. The van der Waals surface area contributed by atoms with Crippen LogP contribution in [0.15, 0.2) is 84.9 Å². The molecule has 0 aliphatic heterocycles. The van der Waals surface area contributed by atoms with Crippen molar-refractivity contribution in [3.05, 3.63) is 112 Å². The monoisotopic (exact) mass is 346 g/mol. The molecule has 0 aromatic heterocycles. The molecule has 1 amide bonds. The summed E-state index contributed by atoms with van der Waals surface area (Å²) < 4.78 is 0. The van der Waals surface area contributed by atoms with E-state index in [0.717, 1.165) is 11.1 Å². The number of hydrogen-bond acceptors (Lipinski definition) is 3. The minimum absolute atomic E-state index is 0.0459. The third-order valence-corrected chi connectivity index (χ3v) is 4.41. The predicted octanol–water partition coefficient (Wildman–Crippen LogP) is 4.29. The van der Waals surface area contributed by atoms with Crippen molar-refractivity contribution in [1.29, 1.82) is 0 Å². The summed E-state index contributed by atoms with van der Waals surface area (Å²) in [5.41, 5.74) is 1.48. The molecule has 0 aliphatic rings. The highest BCUT2D eigenvalue weighted by molar-refractivity contribution is 5.95. The van der Waals surface area contributed by atoms with Gasteiger partial charge in [-0.15, -0.1) is 0 Å². The van der Waals surface area contributed by atoms with Crippen LogP contribution in [-0.2, 0) is 5.54 Å². The second-order valence-electron chi connectivity index (χ2n) is 6.12. The molecular weight excluding hydrogens is 328 g/mol. The van der Waals surface area contributed by atoms with Gasteiger partial charge < -0.3 is 5.32 Å². The Balaban J connectivity index is 1.96. The van der Waals surface area contributed by atoms with Gasteiger partial charge in [-0.25, -0.2) is 0 Å². The number of amides is 1. The number of carbonyl (C=O) groups excluding carboxylic acids is 1. The van der Waals surface area contributed by atoms with Crippen molar-refractivity contribution >= 4 is 11.6 Å². The maximum Gasteiger partial charge on any atom is 0.269 e. The first-order valence-electron chi connectivity index (χ1n) is 8.19. The van der Waals surface area contributed by atoms with Gasteiger partial charge in [0.2, 0.25) is 0 Å².